The molecule has 3 atom stereocenters. The predicted molar refractivity (Wildman–Crippen MR) is 134 cm³/mol. The summed E-state index contributed by atoms with van der Waals surface area (Å²) in [5.41, 5.74) is 0.829. The monoisotopic (exact) mass is 523 g/mol. The molecule has 0 aliphatic carbocycles. The number of nitrogens with zero attached hydrogens (tertiary/aromatic N) is 3. The molecule has 0 saturated heterocycles. The zero-order chi connectivity index (χ0) is 26.9. The molecular weight excluding hydrogens is 486 g/mol. The number of aromatic nitrogens is 2. The lowest BCUT2D eigenvalue weighted by Gasteiger charge is -2.35. The number of carbonyl (C=O) groups is 2. The molecular formula is C24H37N5O6S. The van der Waals surface area contributed by atoms with Gasteiger partial charge in [-0.05, 0) is 17.9 Å². The smallest absolute Gasteiger partial charge is 0.262 e. The summed E-state index contributed by atoms with van der Waals surface area (Å²) < 4.78 is 29.5. The van der Waals surface area contributed by atoms with E-state index in [2.05, 4.69) is 15.6 Å². The number of imidazole rings is 1. The van der Waals surface area contributed by atoms with Crippen LogP contribution >= 0.6 is 0 Å². The fraction of sp³-hybridized carbons (Fsp3) is 0.542. The van der Waals surface area contributed by atoms with Crippen molar-refractivity contribution in [2.24, 2.45) is 13.0 Å². The largest absolute Gasteiger partial charge is 0.395 e. The lowest BCUT2D eigenvalue weighted by Crippen LogP contribution is -2.54. The molecule has 0 saturated carbocycles. The van der Waals surface area contributed by atoms with Crippen LogP contribution in [0.15, 0.2) is 47.9 Å². The minimum Gasteiger partial charge on any atom is -0.395 e. The van der Waals surface area contributed by atoms with Gasteiger partial charge in [-0.15, -0.1) is 0 Å². The van der Waals surface area contributed by atoms with Crippen molar-refractivity contribution in [3.05, 3.63) is 48.4 Å². The highest BCUT2D eigenvalue weighted by Crippen LogP contribution is 2.22. The quantitative estimate of drug-likeness (QED) is 0.273. The predicted octanol–water partition coefficient (Wildman–Crippen LogP) is 0.0423. The van der Waals surface area contributed by atoms with Crippen molar-refractivity contribution in [2.75, 3.05) is 20.2 Å². The maximum atomic E-state index is 13.5. The van der Waals surface area contributed by atoms with Crippen molar-refractivity contribution in [2.45, 2.75) is 56.3 Å². The second kappa shape index (κ2) is 13.5. The Morgan fingerprint density at radius 1 is 1.14 bits per heavy atom. The third-order valence-electron chi connectivity index (χ3n) is 5.91. The van der Waals surface area contributed by atoms with Crippen LogP contribution in [0.5, 0.6) is 0 Å². The number of hydrogen-bond donors (Lipinski definition) is 4. The van der Waals surface area contributed by atoms with Crippen LogP contribution in [0.25, 0.3) is 0 Å². The molecule has 2 rings (SSSR count). The topological polar surface area (TPSA) is 154 Å². The summed E-state index contributed by atoms with van der Waals surface area (Å²) in [5, 5.41) is 26.3. The Labute approximate surface area is 212 Å². The zero-order valence-electron chi connectivity index (χ0n) is 21.2. The fourth-order valence-electron chi connectivity index (χ4n) is 3.78. The standard InChI is InChI=1S/C24H37N5O6S/c1-17(2)20(15-30)29(36(34,35)24-14-28(4)16-26-24)13-21(31)19(12-18-8-6-5-7-9-18)27-23(33)11-10-22(32)25-3/h5-9,14,16-17,19-21,30-31H,10-13,15H2,1-4H3,(H,25,32)(H,27,33). The summed E-state index contributed by atoms with van der Waals surface area (Å²) >= 11 is 0. The van der Waals surface area contributed by atoms with Gasteiger partial charge >= 0.3 is 0 Å². The number of carbonyl (C=O) groups excluding carboxylic acids is 2. The van der Waals surface area contributed by atoms with Gasteiger partial charge in [0.2, 0.25) is 11.8 Å². The maximum Gasteiger partial charge on any atom is 0.262 e. The highest BCUT2D eigenvalue weighted by Gasteiger charge is 2.37. The number of sulfonamides is 1. The van der Waals surface area contributed by atoms with Gasteiger partial charge in [-0.25, -0.2) is 13.4 Å². The van der Waals surface area contributed by atoms with E-state index in [0.717, 1.165) is 9.87 Å². The van der Waals surface area contributed by atoms with E-state index < -0.39 is 40.7 Å². The van der Waals surface area contributed by atoms with E-state index in [0.29, 0.717) is 0 Å². The van der Waals surface area contributed by atoms with Gasteiger partial charge < -0.3 is 25.4 Å². The Kier molecular flexibility index (Phi) is 11.0. The van der Waals surface area contributed by atoms with Crippen molar-refractivity contribution in [1.29, 1.82) is 0 Å². The van der Waals surface area contributed by atoms with E-state index >= 15 is 0 Å². The van der Waals surface area contributed by atoms with Gasteiger partial charge in [0.1, 0.15) is 0 Å². The lowest BCUT2D eigenvalue weighted by molar-refractivity contribution is -0.127. The van der Waals surface area contributed by atoms with Gasteiger partial charge in [0.05, 0.1) is 31.1 Å². The summed E-state index contributed by atoms with van der Waals surface area (Å²) in [7, 11) is -1.06. The number of amides is 2. The van der Waals surface area contributed by atoms with Crippen LogP contribution in [0.4, 0.5) is 0 Å². The Morgan fingerprint density at radius 3 is 2.31 bits per heavy atom. The second-order valence-electron chi connectivity index (χ2n) is 9.05. The van der Waals surface area contributed by atoms with Crippen LogP contribution < -0.4 is 10.6 Å². The van der Waals surface area contributed by atoms with Gasteiger partial charge in [-0.2, -0.15) is 4.31 Å². The highest BCUT2D eigenvalue weighted by molar-refractivity contribution is 7.89. The molecule has 0 aliphatic heterocycles. The van der Waals surface area contributed by atoms with Crippen LogP contribution in [-0.4, -0.2) is 82.7 Å². The molecule has 200 valence electrons. The number of hydrogen-bond acceptors (Lipinski definition) is 7. The Bertz CT molecular complexity index is 1090. The van der Waals surface area contributed by atoms with Crippen LogP contribution in [0, 0.1) is 5.92 Å². The molecule has 2 aromatic rings. The molecule has 4 N–H and O–H groups in total. The lowest BCUT2D eigenvalue weighted by atomic mass is 9.99. The number of benzene rings is 1. The molecule has 36 heavy (non-hydrogen) atoms. The molecule has 0 bridgehead atoms. The zero-order valence-corrected chi connectivity index (χ0v) is 22.0. The molecule has 1 aromatic carbocycles. The Hall–Kier alpha value is -2.80. The number of aliphatic hydroxyl groups is 2. The molecule has 11 nitrogen and oxygen atoms in total. The minimum atomic E-state index is -4.18. The minimum absolute atomic E-state index is 0.0173. The van der Waals surface area contributed by atoms with Crippen molar-refractivity contribution in [1.82, 2.24) is 24.5 Å². The SMILES string of the molecule is CNC(=O)CCC(=O)NC(Cc1ccccc1)C(O)CN(C(CO)C(C)C)S(=O)(=O)c1cn(C)cn1. The van der Waals surface area contributed by atoms with Crippen molar-refractivity contribution in [3.63, 3.8) is 0 Å². The van der Waals surface area contributed by atoms with Gasteiger partial charge in [0, 0.05) is 39.7 Å². The van der Waals surface area contributed by atoms with Crippen LogP contribution in [0.3, 0.4) is 0 Å². The molecule has 12 heteroatoms. The van der Waals surface area contributed by atoms with E-state index in [4.69, 9.17) is 0 Å². The average molecular weight is 524 g/mol. The maximum absolute atomic E-state index is 13.5. The first kappa shape index (κ1) is 29.4. The molecule has 0 aliphatic rings. The van der Waals surface area contributed by atoms with E-state index in [1.165, 1.54) is 24.1 Å². The first-order chi connectivity index (χ1) is 17.0. The van der Waals surface area contributed by atoms with Crippen LogP contribution in [0.1, 0.15) is 32.3 Å². The molecule has 0 radical (unpaired) electrons. The third kappa shape index (κ3) is 8.12. The van der Waals surface area contributed by atoms with Crippen molar-refractivity contribution >= 4 is 21.8 Å². The summed E-state index contributed by atoms with van der Waals surface area (Å²) in [4.78, 5) is 28.1. The Morgan fingerprint density at radius 2 is 1.78 bits per heavy atom. The average Bonchev–Trinajstić information content (AvgIpc) is 3.29. The third-order valence-corrected chi connectivity index (χ3v) is 7.69. The highest BCUT2D eigenvalue weighted by atomic mass is 32.2. The molecule has 1 aromatic heterocycles. The summed E-state index contributed by atoms with van der Waals surface area (Å²) in [6, 6.07) is 7.49. The van der Waals surface area contributed by atoms with Crippen LogP contribution in [-0.2, 0) is 33.1 Å². The fourth-order valence-corrected chi connectivity index (χ4v) is 5.52. The van der Waals surface area contributed by atoms with Gasteiger partial charge in [0.15, 0.2) is 5.03 Å². The van der Waals surface area contributed by atoms with Crippen molar-refractivity contribution in [3.8, 4) is 0 Å². The molecule has 0 spiro atoms. The summed E-state index contributed by atoms with van der Waals surface area (Å²) in [5.74, 6) is -1.00. The normalized spacial score (nSPS) is 14.4. The van der Waals surface area contributed by atoms with Gasteiger partial charge in [-0.3, -0.25) is 9.59 Å². The van der Waals surface area contributed by atoms with E-state index in [1.54, 1.807) is 20.9 Å². The second-order valence-corrected chi connectivity index (χ2v) is 10.9. The number of rotatable bonds is 14. The van der Waals surface area contributed by atoms with Gasteiger partial charge in [-0.1, -0.05) is 44.2 Å². The van der Waals surface area contributed by atoms with E-state index in [-0.39, 0.29) is 42.7 Å². The van der Waals surface area contributed by atoms with E-state index in [1.807, 2.05) is 30.3 Å². The first-order valence-electron chi connectivity index (χ1n) is 11.8. The van der Waals surface area contributed by atoms with Gasteiger partial charge in [0.25, 0.3) is 10.0 Å². The first-order valence-corrected chi connectivity index (χ1v) is 13.3. The Balaban J connectivity index is 2.35. The molecule has 1 heterocycles. The number of nitrogens with one attached hydrogen (secondary N) is 2. The van der Waals surface area contributed by atoms with Crippen LogP contribution in [0.2, 0.25) is 0 Å². The number of aliphatic hydroxyl groups excluding tert-OH is 2. The number of aryl methyl sites for hydroxylation is 1. The van der Waals surface area contributed by atoms with Crippen molar-refractivity contribution < 1.29 is 28.2 Å². The summed E-state index contributed by atoms with van der Waals surface area (Å²) in [6.45, 7) is 2.71. The molecule has 3 unspecified atom stereocenters. The molecule has 0 fully saturated rings. The van der Waals surface area contributed by atoms with E-state index in [9.17, 15) is 28.2 Å². The summed E-state index contributed by atoms with van der Waals surface area (Å²) in [6.07, 6.45) is 1.52. The molecule has 2 amide bonds.